The van der Waals surface area contributed by atoms with Crippen molar-refractivity contribution in [2.75, 3.05) is 41.9 Å². The molecule has 1 aromatic carbocycles. The first-order chi connectivity index (χ1) is 28.0. The SMILES string of the molecule is CC[C@H](C)C([C@@H](CC(=O)N1CCC[C@H]1[C@H](OC)[C@@H](C)C(=O)C[C@@H](Cc1ccccc1)C(=O)NCc1cn[nH]n1)OC)N(C)C(=O)[C@@H](CC(=O)[C@H](C(C)C)N(C)C)C(C)C. The van der Waals surface area contributed by atoms with E-state index in [1.807, 2.05) is 88.8 Å². The lowest BCUT2D eigenvalue weighted by Gasteiger charge is -2.41. The molecule has 2 N–H and O–H groups in total. The van der Waals surface area contributed by atoms with Crippen molar-refractivity contribution in [3.05, 3.63) is 47.8 Å². The van der Waals surface area contributed by atoms with Crippen LogP contribution in [0.25, 0.3) is 0 Å². The molecular formula is C45H73N7O7. The number of benzene rings is 1. The molecule has 1 saturated heterocycles. The van der Waals surface area contributed by atoms with Crippen molar-refractivity contribution in [2.45, 2.75) is 130 Å². The number of amides is 3. The van der Waals surface area contributed by atoms with Gasteiger partial charge in [0, 0.05) is 58.4 Å². The molecule has 0 bridgehead atoms. The highest BCUT2D eigenvalue weighted by atomic mass is 16.5. The molecule has 0 spiro atoms. The van der Waals surface area contributed by atoms with Crippen LogP contribution in [0.2, 0.25) is 0 Å². The minimum absolute atomic E-state index is 0.000173. The third-order valence-electron chi connectivity index (χ3n) is 12.5. The second-order valence-corrected chi connectivity index (χ2v) is 17.5. The van der Waals surface area contributed by atoms with Crippen LogP contribution in [0.4, 0.5) is 0 Å². The number of aromatic amines is 1. The second-order valence-electron chi connectivity index (χ2n) is 17.5. The van der Waals surface area contributed by atoms with Gasteiger partial charge in [0.25, 0.3) is 0 Å². The Labute approximate surface area is 352 Å². The second kappa shape index (κ2) is 23.7. The van der Waals surface area contributed by atoms with Gasteiger partial charge in [-0.05, 0) is 56.7 Å². The number of likely N-dealkylation sites (N-methyl/N-ethyl adjacent to an activating group) is 2. The summed E-state index contributed by atoms with van der Waals surface area (Å²) in [5.41, 5.74) is 1.52. The van der Waals surface area contributed by atoms with Gasteiger partial charge in [0.2, 0.25) is 17.7 Å². The summed E-state index contributed by atoms with van der Waals surface area (Å²) >= 11 is 0. The average molecular weight is 824 g/mol. The summed E-state index contributed by atoms with van der Waals surface area (Å²) in [6.45, 7) is 14.6. The predicted molar refractivity (Wildman–Crippen MR) is 228 cm³/mol. The Hall–Kier alpha value is -4.01. The topological polar surface area (TPSA) is 167 Å². The lowest BCUT2D eigenvalue weighted by Crippen LogP contribution is -2.54. The van der Waals surface area contributed by atoms with Crippen LogP contribution < -0.4 is 5.32 Å². The van der Waals surface area contributed by atoms with Gasteiger partial charge < -0.3 is 24.6 Å². The van der Waals surface area contributed by atoms with Crippen molar-refractivity contribution in [1.29, 1.82) is 0 Å². The van der Waals surface area contributed by atoms with Crippen molar-refractivity contribution >= 4 is 29.3 Å². The van der Waals surface area contributed by atoms with Crippen LogP contribution in [0.15, 0.2) is 36.5 Å². The van der Waals surface area contributed by atoms with E-state index in [9.17, 15) is 24.0 Å². The number of Topliss-reactive ketones (excluding diaryl/α,β-unsaturated/α-hetero) is 2. The summed E-state index contributed by atoms with van der Waals surface area (Å²) in [7, 11) is 8.70. The van der Waals surface area contributed by atoms with Gasteiger partial charge in [0.15, 0.2) is 5.78 Å². The smallest absolute Gasteiger partial charge is 0.226 e. The number of ketones is 2. The largest absolute Gasteiger partial charge is 0.379 e. The number of ether oxygens (including phenoxy) is 2. The van der Waals surface area contributed by atoms with Gasteiger partial charge in [-0.15, -0.1) is 0 Å². The lowest BCUT2D eigenvalue weighted by atomic mass is 9.83. The molecule has 14 nitrogen and oxygen atoms in total. The number of likely N-dealkylation sites (tertiary alicyclic amines) is 1. The third kappa shape index (κ3) is 13.5. The van der Waals surface area contributed by atoms with Crippen LogP contribution in [0.3, 0.4) is 0 Å². The Morgan fingerprint density at radius 3 is 2.14 bits per heavy atom. The van der Waals surface area contributed by atoms with Gasteiger partial charge in [-0.2, -0.15) is 15.4 Å². The summed E-state index contributed by atoms with van der Waals surface area (Å²) in [6.07, 6.45) is 3.03. The Balaban J connectivity index is 1.79. The standard InChI is InChI=1S/C45H73N7O7/c1-13-30(6)42(51(10)45(57)35(28(2)3)24-38(54)41(29(4)5)50(8)9)39(58-11)25-40(55)52-21-17-20-36(52)43(59-12)31(7)37(53)23-33(22-32-18-15-14-16-19-32)44(56)46-26-34-27-47-49-48-34/h14-16,18-19,27-31,33,35-36,39,41-43H,13,17,20-26H2,1-12H3,(H,46,56)(H,47,48,49)/t30-,31-,33+,35-,36-,39+,41-,42?,43+/m0/s1. The molecule has 0 saturated carbocycles. The zero-order valence-corrected chi connectivity index (χ0v) is 37.8. The van der Waals surface area contributed by atoms with Crippen molar-refractivity contribution in [3.63, 3.8) is 0 Å². The number of methoxy groups -OCH3 is 2. The lowest BCUT2D eigenvalue weighted by molar-refractivity contribution is -0.149. The molecular weight excluding hydrogens is 751 g/mol. The van der Waals surface area contributed by atoms with Gasteiger partial charge in [-0.1, -0.05) is 85.2 Å². The zero-order chi connectivity index (χ0) is 44.0. The van der Waals surface area contributed by atoms with E-state index >= 15 is 0 Å². The maximum atomic E-state index is 14.4. The van der Waals surface area contributed by atoms with Crippen molar-refractivity contribution in [1.82, 2.24) is 35.4 Å². The Kier molecular flexibility index (Phi) is 19.8. The van der Waals surface area contributed by atoms with Gasteiger partial charge in [0.05, 0.1) is 49.5 Å². The molecule has 1 aliphatic heterocycles. The number of nitrogens with zero attached hydrogens (tertiary/aromatic N) is 5. The number of nitrogens with one attached hydrogen (secondary N) is 2. The predicted octanol–water partition coefficient (Wildman–Crippen LogP) is 4.98. The fourth-order valence-corrected chi connectivity index (χ4v) is 9.02. The Morgan fingerprint density at radius 1 is 0.915 bits per heavy atom. The fraction of sp³-hybridized carbons (Fsp3) is 0.711. The van der Waals surface area contributed by atoms with Gasteiger partial charge in [0.1, 0.15) is 11.5 Å². The van der Waals surface area contributed by atoms with E-state index in [0.29, 0.717) is 25.1 Å². The molecule has 0 radical (unpaired) electrons. The molecule has 9 atom stereocenters. The minimum atomic E-state index is -0.629. The number of rotatable bonds is 25. The quantitative estimate of drug-likeness (QED) is 0.140. The summed E-state index contributed by atoms with van der Waals surface area (Å²) in [5.74, 6) is -2.33. The molecule has 2 aromatic rings. The van der Waals surface area contributed by atoms with E-state index in [0.717, 1.165) is 18.4 Å². The van der Waals surface area contributed by atoms with Crippen LogP contribution in [0.5, 0.6) is 0 Å². The van der Waals surface area contributed by atoms with Crippen LogP contribution in [-0.2, 0) is 46.4 Å². The number of hydrogen-bond donors (Lipinski definition) is 2. The van der Waals surface area contributed by atoms with E-state index in [1.165, 1.54) is 6.20 Å². The molecule has 14 heteroatoms. The number of carbonyl (C=O) groups is 5. The van der Waals surface area contributed by atoms with E-state index in [4.69, 9.17) is 9.47 Å². The molecule has 330 valence electrons. The fourth-order valence-electron chi connectivity index (χ4n) is 9.02. The highest BCUT2D eigenvalue weighted by molar-refractivity contribution is 5.90. The van der Waals surface area contributed by atoms with Gasteiger partial charge >= 0.3 is 0 Å². The monoisotopic (exact) mass is 824 g/mol. The molecule has 1 aliphatic rings. The van der Waals surface area contributed by atoms with Crippen LogP contribution in [0.1, 0.15) is 98.2 Å². The van der Waals surface area contributed by atoms with Gasteiger partial charge in [-0.3, -0.25) is 28.9 Å². The molecule has 3 rings (SSSR count). The number of aromatic nitrogens is 3. The molecule has 59 heavy (non-hydrogen) atoms. The molecule has 1 unspecified atom stereocenters. The first kappa shape index (κ1) is 49.4. The van der Waals surface area contributed by atoms with E-state index in [-0.39, 0.29) is 84.9 Å². The maximum absolute atomic E-state index is 14.4. The summed E-state index contributed by atoms with van der Waals surface area (Å²) < 4.78 is 12.1. The van der Waals surface area contributed by atoms with E-state index in [2.05, 4.69) is 34.6 Å². The third-order valence-corrected chi connectivity index (χ3v) is 12.5. The van der Waals surface area contributed by atoms with E-state index in [1.54, 1.807) is 26.2 Å². The molecule has 0 aliphatic carbocycles. The highest BCUT2D eigenvalue weighted by Crippen LogP contribution is 2.32. The Bertz CT molecular complexity index is 1610. The number of hydrogen-bond acceptors (Lipinski definition) is 10. The minimum Gasteiger partial charge on any atom is -0.379 e. The first-order valence-corrected chi connectivity index (χ1v) is 21.5. The molecule has 1 aromatic heterocycles. The van der Waals surface area contributed by atoms with Crippen molar-refractivity contribution < 1.29 is 33.4 Å². The number of carbonyl (C=O) groups excluding carboxylic acids is 5. The van der Waals surface area contributed by atoms with Crippen molar-refractivity contribution in [2.24, 2.45) is 35.5 Å². The van der Waals surface area contributed by atoms with Crippen LogP contribution in [-0.4, -0.2) is 132 Å². The molecule has 1 fully saturated rings. The zero-order valence-electron chi connectivity index (χ0n) is 37.8. The normalized spacial score (nSPS) is 18.6. The summed E-state index contributed by atoms with van der Waals surface area (Å²) in [5, 5.41) is 13.3. The van der Waals surface area contributed by atoms with Crippen LogP contribution >= 0.6 is 0 Å². The number of H-pyrrole nitrogens is 1. The maximum Gasteiger partial charge on any atom is 0.226 e. The molecule has 2 heterocycles. The highest BCUT2D eigenvalue weighted by Gasteiger charge is 2.43. The average Bonchev–Trinajstić information content (AvgIpc) is 3.91. The van der Waals surface area contributed by atoms with Crippen molar-refractivity contribution in [3.8, 4) is 0 Å². The Morgan fingerprint density at radius 2 is 1.59 bits per heavy atom. The first-order valence-electron chi connectivity index (χ1n) is 21.5. The summed E-state index contributed by atoms with van der Waals surface area (Å²) in [6, 6.07) is 8.53. The summed E-state index contributed by atoms with van der Waals surface area (Å²) in [4.78, 5) is 75.4. The van der Waals surface area contributed by atoms with E-state index < -0.39 is 36.0 Å². The van der Waals surface area contributed by atoms with Gasteiger partial charge in [-0.25, -0.2) is 0 Å². The molecule has 3 amide bonds. The van der Waals surface area contributed by atoms with Crippen LogP contribution in [0, 0.1) is 35.5 Å².